The molecular formula is C22H24F3NO4. The molecule has 1 heterocycles. The van der Waals surface area contributed by atoms with Crippen molar-refractivity contribution in [1.29, 1.82) is 0 Å². The summed E-state index contributed by atoms with van der Waals surface area (Å²) in [6.07, 6.45) is -3.27. The van der Waals surface area contributed by atoms with E-state index in [1.54, 1.807) is 0 Å². The second kappa shape index (κ2) is 9.38. The molecule has 2 aromatic rings. The van der Waals surface area contributed by atoms with Crippen LogP contribution in [0.5, 0.6) is 11.5 Å². The minimum absolute atomic E-state index is 0.262. The van der Waals surface area contributed by atoms with E-state index < -0.39 is 6.36 Å². The van der Waals surface area contributed by atoms with Crippen LogP contribution in [-0.2, 0) is 10.2 Å². The Morgan fingerprint density at radius 1 is 1.03 bits per heavy atom. The van der Waals surface area contributed by atoms with E-state index in [0.717, 1.165) is 36.3 Å². The minimum atomic E-state index is -4.77. The molecule has 162 valence electrons. The third-order valence-electron chi connectivity index (χ3n) is 5.17. The van der Waals surface area contributed by atoms with Crippen LogP contribution in [0.15, 0.2) is 48.5 Å². The van der Waals surface area contributed by atoms with Crippen molar-refractivity contribution < 1.29 is 32.2 Å². The number of alkyl halides is 3. The molecule has 1 aliphatic rings. The second-order valence-corrected chi connectivity index (χ2v) is 7.10. The Bertz CT molecular complexity index is 829. The van der Waals surface area contributed by atoms with Crippen LogP contribution in [-0.4, -0.2) is 38.6 Å². The summed E-state index contributed by atoms with van der Waals surface area (Å²) in [5.41, 5.74) is 1.07. The first kappa shape index (κ1) is 22.0. The van der Waals surface area contributed by atoms with Gasteiger partial charge in [0.1, 0.15) is 11.5 Å². The molecule has 0 unspecified atom stereocenters. The highest BCUT2D eigenvalue weighted by atomic mass is 19.4. The molecule has 1 amide bonds. The normalized spacial score (nSPS) is 16.0. The van der Waals surface area contributed by atoms with Gasteiger partial charge in [-0.25, -0.2) is 0 Å². The van der Waals surface area contributed by atoms with Gasteiger partial charge in [-0.2, -0.15) is 0 Å². The highest BCUT2D eigenvalue weighted by molar-refractivity contribution is 5.94. The second-order valence-electron chi connectivity index (χ2n) is 7.10. The molecule has 2 aromatic carbocycles. The number of halogens is 3. The lowest BCUT2D eigenvalue weighted by molar-refractivity contribution is -0.274. The minimum Gasteiger partial charge on any atom is -0.494 e. The maximum absolute atomic E-state index is 12.6. The molecule has 0 aliphatic carbocycles. The van der Waals surface area contributed by atoms with Gasteiger partial charge in [-0.15, -0.1) is 13.2 Å². The van der Waals surface area contributed by atoms with Gasteiger partial charge >= 0.3 is 6.36 Å². The summed E-state index contributed by atoms with van der Waals surface area (Å²) < 4.78 is 51.7. The Balaban J connectivity index is 1.69. The van der Waals surface area contributed by atoms with Crippen LogP contribution in [0.3, 0.4) is 0 Å². The van der Waals surface area contributed by atoms with Crippen LogP contribution < -0.4 is 14.8 Å². The van der Waals surface area contributed by atoms with Gasteiger partial charge in [0.25, 0.3) is 5.91 Å². The van der Waals surface area contributed by atoms with Crippen LogP contribution in [0.4, 0.5) is 13.2 Å². The zero-order valence-electron chi connectivity index (χ0n) is 16.6. The molecule has 0 bridgehead atoms. The SMILES string of the molecule is CCOc1ccc(C2(CNC(=O)c3ccc(OC(F)(F)F)cc3)CCOCC2)cc1. The zero-order valence-corrected chi connectivity index (χ0v) is 16.6. The van der Waals surface area contributed by atoms with Gasteiger partial charge in [0.15, 0.2) is 0 Å². The summed E-state index contributed by atoms with van der Waals surface area (Å²) in [7, 11) is 0. The lowest BCUT2D eigenvalue weighted by atomic mass is 9.74. The van der Waals surface area contributed by atoms with Crippen LogP contribution in [0.1, 0.15) is 35.7 Å². The zero-order chi connectivity index (χ0) is 21.6. The van der Waals surface area contributed by atoms with E-state index in [-0.39, 0.29) is 22.6 Å². The maximum Gasteiger partial charge on any atom is 0.573 e. The predicted molar refractivity (Wildman–Crippen MR) is 105 cm³/mol. The van der Waals surface area contributed by atoms with Gasteiger partial charge in [-0.3, -0.25) is 4.79 Å². The first-order chi connectivity index (χ1) is 14.3. The highest BCUT2D eigenvalue weighted by Gasteiger charge is 2.35. The molecule has 0 spiro atoms. The number of benzene rings is 2. The molecule has 30 heavy (non-hydrogen) atoms. The maximum atomic E-state index is 12.6. The van der Waals surface area contributed by atoms with Crippen LogP contribution in [0, 0.1) is 0 Å². The Kier molecular flexibility index (Phi) is 6.87. The third kappa shape index (κ3) is 5.66. The summed E-state index contributed by atoms with van der Waals surface area (Å²) >= 11 is 0. The predicted octanol–water partition coefficient (Wildman–Crippen LogP) is 4.46. The van der Waals surface area contributed by atoms with Gasteiger partial charge in [0, 0.05) is 30.7 Å². The van der Waals surface area contributed by atoms with E-state index >= 15 is 0 Å². The Morgan fingerprint density at radius 2 is 1.63 bits per heavy atom. The highest BCUT2D eigenvalue weighted by Crippen LogP contribution is 2.35. The van der Waals surface area contributed by atoms with Crippen LogP contribution in [0.2, 0.25) is 0 Å². The van der Waals surface area contributed by atoms with Gasteiger partial charge in [0.2, 0.25) is 0 Å². The number of hydrogen-bond donors (Lipinski definition) is 1. The van der Waals surface area contributed by atoms with Crippen LogP contribution >= 0.6 is 0 Å². The van der Waals surface area contributed by atoms with E-state index in [4.69, 9.17) is 9.47 Å². The molecule has 0 saturated carbocycles. The molecule has 3 rings (SSSR count). The van der Waals surface area contributed by atoms with Gasteiger partial charge < -0.3 is 19.5 Å². The van der Waals surface area contributed by atoms with Gasteiger partial charge in [-0.05, 0) is 61.7 Å². The van der Waals surface area contributed by atoms with Crippen molar-refractivity contribution in [3.63, 3.8) is 0 Å². The summed E-state index contributed by atoms with van der Waals surface area (Å²) in [6, 6.07) is 12.7. The summed E-state index contributed by atoms with van der Waals surface area (Å²) in [5.74, 6) is 0.0633. The van der Waals surface area contributed by atoms with Crippen molar-refractivity contribution in [1.82, 2.24) is 5.32 Å². The van der Waals surface area contributed by atoms with Crippen LogP contribution in [0.25, 0.3) is 0 Å². The number of carbonyl (C=O) groups excluding carboxylic acids is 1. The molecule has 0 atom stereocenters. The largest absolute Gasteiger partial charge is 0.573 e. The fraction of sp³-hybridized carbons (Fsp3) is 0.409. The average Bonchev–Trinajstić information content (AvgIpc) is 2.73. The molecule has 1 saturated heterocycles. The number of rotatable bonds is 7. The van der Waals surface area contributed by atoms with Crippen molar-refractivity contribution >= 4 is 5.91 Å². The molecule has 1 fully saturated rings. The van der Waals surface area contributed by atoms with Gasteiger partial charge in [-0.1, -0.05) is 12.1 Å². The average molecular weight is 423 g/mol. The standard InChI is InChI=1S/C22H24F3NO4/c1-2-29-18-9-5-17(6-10-18)21(11-13-28-14-12-21)15-26-20(27)16-3-7-19(8-4-16)30-22(23,24)25/h3-10H,2,11-15H2,1H3,(H,26,27). The molecule has 8 heteroatoms. The molecule has 1 N–H and O–H groups in total. The Labute approximate surface area is 173 Å². The smallest absolute Gasteiger partial charge is 0.494 e. The number of carbonyl (C=O) groups is 1. The number of amides is 1. The Hall–Kier alpha value is -2.74. The summed E-state index contributed by atoms with van der Waals surface area (Å²) in [4.78, 5) is 12.6. The van der Waals surface area contributed by atoms with Crippen molar-refractivity contribution in [2.24, 2.45) is 0 Å². The number of nitrogens with one attached hydrogen (secondary N) is 1. The molecule has 5 nitrogen and oxygen atoms in total. The van der Waals surface area contributed by atoms with Crippen molar-refractivity contribution in [2.75, 3.05) is 26.4 Å². The van der Waals surface area contributed by atoms with Crippen molar-refractivity contribution in [3.05, 3.63) is 59.7 Å². The van der Waals surface area contributed by atoms with E-state index in [2.05, 4.69) is 10.1 Å². The Morgan fingerprint density at radius 3 is 2.20 bits per heavy atom. The fourth-order valence-corrected chi connectivity index (χ4v) is 3.56. The van der Waals surface area contributed by atoms with Crippen molar-refractivity contribution in [2.45, 2.75) is 31.5 Å². The molecular weight excluding hydrogens is 399 g/mol. The quantitative estimate of drug-likeness (QED) is 0.714. The summed E-state index contributed by atoms with van der Waals surface area (Å²) in [5, 5.41) is 2.93. The van der Waals surface area contributed by atoms with E-state index in [1.165, 1.54) is 12.1 Å². The molecule has 1 aliphatic heterocycles. The monoisotopic (exact) mass is 423 g/mol. The first-order valence-corrected chi connectivity index (χ1v) is 9.76. The topological polar surface area (TPSA) is 56.8 Å². The van der Waals surface area contributed by atoms with Gasteiger partial charge in [0.05, 0.1) is 6.61 Å². The first-order valence-electron chi connectivity index (χ1n) is 9.76. The lowest BCUT2D eigenvalue weighted by Crippen LogP contribution is -2.44. The molecule has 0 aromatic heterocycles. The van der Waals surface area contributed by atoms with Crippen molar-refractivity contribution in [3.8, 4) is 11.5 Å². The van der Waals surface area contributed by atoms with E-state index in [1.807, 2.05) is 31.2 Å². The lowest BCUT2D eigenvalue weighted by Gasteiger charge is -2.38. The third-order valence-corrected chi connectivity index (χ3v) is 5.17. The summed E-state index contributed by atoms with van der Waals surface area (Å²) in [6.45, 7) is 4.08. The number of hydrogen-bond acceptors (Lipinski definition) is 4. The van der Waals surface area contributed by atoms with E-state index in [0.29, 0.717) is 26.4 Å². The van der Waals surface area contributed by atoms with E-state index in [9.17, 15) is 18.0 Å². The molecule has 0 radical (unpaired) electrons. The number of ether oxygens (including phenoxy) is 3. The fourth-order valence-electron chi connectivity index (χ4n) is 3.56.